The maximum atomic E-state index is 12.2. The molecule has 1 rings (SSSR count). The molecule has 0 saturated carbocycles. The Labute approximate surface area is 155 Å². The summed E-state index contributed by atoms with van der Waals surface area (Å²) < 4.78 is 11.8. The molecule has 0 aliphatic carbocycles. The van der Waals surface area contributed by atoms with Crippen LogP contribution in [0.4, 0.5) is 4.79 Å². The Kier molecular flexibility index (Phi) is 7.54. The van der Waals surface area contributed by atoms with Crippen LogP contribution in [0.1, 0.15) is 54.4 Å². The lowest BCUT2D eigenvalue weighted by atomic mass is 9.85. The summed E-state index contributed by atoms with van der Waals surface area (Å²) >= 11 is 0. The van der Waals surface area contributed by atoms with E-state index in [4.69, 9.17) is 9.16 Å². The van der Waals surface area contributed by atoms with E-state index in [1.165, 1.54) is 0 Å². The molecule has 0 radical (unpaired) electrons. The van der Waals surface area contributed by atoms with Gasteiger partial charge in [-0.05, 0) is 57.7 Å². The number of carbonyl (C=O) groups is 1. The van der Waals surface area contributed by atoms with E-state index in [0.29, 0.717) is 25.6 Å². The molecule has 1 atom stereocenters. The van der Waals surface area contributed by atoms with Crippen molar-refractivity contribution in [1.29, 1.82) is 0 Å². The minimum absolute atomic E-state index is 0.145. The van der Waals surface area contributed by atoms with Gasteiger partial charge in [0.05, 0.1) is 0 Å². The minimum atomic E-state index is -1.80. The number of nitrogens with zero attached hydrogens (tertiary/aromatic N) is 1. The number of carbonyl (C=O) groups excluding carboxylic acids is 1. The van der Waals surface area contributed by atoms with Gasteiger partial charge in [-0.3, -0.25) is 0 Å². The molecule has 1 aliphatic heterocycles. The lowest BCUT2D eigenvalue weighted by molar-refractivity contribution is 0.0113. The van der Waals surface area contributed by atoms with E-state index in [1.807, 2.05) is 20.8 Å². The summed E-state index contributed by atoms with van der Waals surface area (Å²) in [5.41, 5.74) is -0.460. The number of hydrogen-bond donors (Lipinski definition) is 1. The number of hydrogen-bond acceptors (Lipinski definition) is 4. The number of aliphatic hydroxyl groups is 1. The Morgan fingerprint density at radius 3 is 2.08 bits per heavy atom. The molecule has 1 saturated heterocycles. The standard InChI is InChI=1S/C19H39NO4Si/c1-18(2,3)24-17(22)20-11-9-15(10-12-20)16(13-21)14-23-25(7,8)19(4,5)6/h15-16,21H,9-14H2,1-8H3. The summed E-state index contributed by atoms with van der Waals surface area (Å²) in [7, 11) is -1.80. The van der Waals surface area contributed by atoms with Crippen LogP contribution in [0.2, 0.25) is 18.1 Å². The van der Waals surface area contributed by atoms with Gasteiger partial charge in [0.15, 0.2) is 8.32 Å². The molecule has 5 nitrogen and oxygen atoms in total. The van der Waals surface area contributed by atoms with Crippen molar-refractivity contribution in [1.82, 2.24) is 4.90 Å². The van der Waals surface area contributed by atoms with Gasteiger partial charge in [-0.15, -0.1) is 0 Å². The first kappa shape index (κ1) is 22.4. The highest BCUT2D eigenvalue weighted by molar-refractivity contribution is 6.74. The van der Waals surface area contributed by atoms with Gasteiger partial charge in [0, 0.05) is 32.2 Å². The van der Waals surface area contributed by atoms with Crippen LogP contribution in [0.25, 0.3) is 0 Å². The van der Waals surface area contributed by atoms with Gasteiger partial charge in [0.1, 0.15) is 5.60 Å². The second-order valence-electron chi connectivity index (χ2n) is 9.82. The van der Waals surface area contributed by atoms with Crippen LogP contribution in [-0.4, -0.2) is 56.3 Å². The molecule has 25 heavy (non-hydrogen) atoms. The van der Waals surface area contributed by atoms with Gasteiger partial charge in [0.25, 0.3) is 0 Å². The van der Waals surface area contributed by atoms with Crippen molar-refractivity contribution >= 4 is 14.4 Å². The third kappa shape index (κ3) is 6.91. The van der Waals surface area contributed by atoms with Crippen LogP contribution in [0.15, 0.2) is 0 Å². The molecule has 1 N–H and O–H groups in total. The molecule has 0 aromatic heterocycles. The van der Waals surface area contributed by atoms with Crippen molar-refractivity contribution in [2.45, 2.75) is 78.1 Å². The molecule has 0 bridgehead atoms. The fraction of sp³-hybridized carbons (Fsp3) is 0.947. The molecule has 148 valence electrons. The van der Waals surface area contributed by atoms with E-state index in [1.54, 1.807) is 4.90 Å². The van der Waals surface area contributed by atoms with Crippen LogP contribution in [0.3, 0.4) is 0 Å². The van der Waals surface area contributed by atoms with Crippen molar-refractivity contribution in [3.63, 3.8) is 0 Å². The smallest absolute Gasteiger partial charge is 0.410 e. The summed E-state index contributed by atoms with van der Waals surface area (Å²) in [6.45, 7) is 19.0. The van der Waals surface area contributed by atoms with Crippen LogP contribution < -0.4 is 0 Å². The zero-order chi connectivity index (χ0) is 19.5. The predicted molar refractivity (Wildman–Crippen MR) is 104 cm³/mol. The summed E-state index contributed by atoms with van der Waals surface area (Å²) in [6, 6.07) is 0. The summed E-state index contributed by atoms with van der Waals surface area (Å²) in [5, 5.41) is 10.0. The van der Waals surface area contributed by atoms with E-state index < -0.39 is 13.9 Å². The van der Waals surface area contributed by atoms with Gasteiger partial charge < -0.3 is 19.2 Å². The molecule has 1 heterocycles. The monoisotopic (exact) mass is 373 g/mol. The van der Waals surface area contributed by atoms with Gasteiger partial charge >= 0.3 is 6.09 Å². The summed E-state index contributed by atoms with van der Waals surface area (Å²) in [6.07, 6.45) is 1.56. The van der Waals surface area contributed by atoms with Crippen LogP contribution in [0, 0.1) is 11.8 Å². The highest BCUT2D eigenvalue weighted by Gasteiger charge is 2.38. The van der Waals surface area contributed by atoms with Crippen molar-refractivity contribution in [2.24, 2.45) is 11.8 Å². The normalized spacial score (nSPS) is 19.0. The lowest BCUT2D eigenvalue weighted by Crippen LogP contribution is -2.45. The zero-order valence-electron chi connectivity index (χ0n) is 17.5. The maximum absolute atomic E-state index is 12.2. The molecule has 0 spiro atoms. The first-order valence-electron chi connectivity index (χ1n) is 9.49. The highest BCUT2D eigenvalue weighted by atomic mass is 28.4. The molecule has 0 aromatic carbocycles. The van der Waals surface area contributed by atoms with E-state index in [0.717, 1.165) is 12.8 Å². The van der Waals surface area contributed by atoms with Gasteiger partial charge in [0.2, 0.25) is 0 Å². The van der Waals surface area contributed by atoms with Crippen molar-refractivity contribution < 1.29 is 19.1 Å². The average Bonchev–Trinajstić information content (AvgIpc) is 2.45. The number of rotatable bonds is 5. The van der Waals surface area contributed by atoms with Crippen molar-refractivity contribution in [3.8, 4) is 0 Å². The molecule has 1 unspecified atom stereocenters. The quantitative estimate of drug-likeness (QED) is 0.731. The molecule has 1 amide bonds. The van der Waals surface area contributed by atoms with Gasteiger partial charge in [-0.1, -0.05) is 20.8 Å². The summed E-state index contributed by atoms with van der Waals surface area (Å²) in [5.74, 6) is 0.545. The van der Waals surface area contributed by atoms with E-state index in [-0.39, 0.29) is 23.7 Å². The third-order valence-corrected chi connectivity index (χ3v) is 10.1. The molecule has 6 heteroatoms. The number of ether oxygens (including phenoxy) is 1. The number of aliphatic hydroxyl groups excluding tert-OH is 1. The van der Waals surface area contributed by atoms with Gasteiger partial charge in [-0.2, -0.15) is 0 Å². The largest absolute Gasteiger partial charge is 0.444 e. The number of piperidine rings is 1. The van der Waals surface area contributed by atoms with Crippen LogP contribution in [0.5, 0.6) is 0 Å². The summed E-state index contributed by atoms with van der Waals surface area (Å²) in [4.78, 5) is 13.9. The fourth-order valence-electron chi connectivity index (χ4n) is 2.75. The molecular weight excluding hydrogens is 334 g/mol. The Balaban J connectivity index is 2.52. The molecule has 0 aromatic rings. The molecule has 1 aliphatic rings. The SMILES string of the molecule is CC(C)(C)OC(=O)N1CCC(C(CO)CO[Si](C)(C)C(C)(C)C)CC1. The molecular formula is C19H39NO4Si. The highest BCUT2D eigenvalue weighted by Crippen LogP contribution is 2.37. The van der Waals surface area contributed by atoms with Crippen molar-refractivity contribution in [3.05, 3.63) is 0 Å². The maximum Gasteiger partial charge on any atom is 0.410 e. The van der Waals surface area contributed by atoms with Crippen LogP contribution >= 0.6 is 0 Å². The minimum Gasteiger partial charge on any atom is -0.444 e. The Morgan fingerprint density at radius 1 is 1.16 bits per heavy atom. The van der Waals surface area contributed by atoms with E-state index in [9.17, 15) is 9.90 Å². The average molecular weight is 374 g/mol. The first-order valence-corrected chi connectivity index (χ1v) is 12.4. The Morgan fingerprint density at radius 2 is 1.68 bits per heavy atom. The predicted octanol–water partition coefficient (Wildman–Crippen LogP) is 4.26. The van der Waals surface area contributed by atoms with E-state index in [2.05, 4.69) is 33.9 Å². The second-order valence-corrected chi connectivity index (χ2v) is 14.6. The topological polar surface area (TPSA) is 59.0 Å². The van der Waals surface area contributed by atoms with Crippen LogP contribution in [-0.2, 0) is 9.16 Å². The van der Waals surface area contributed by atoms with Crippen molar-refractivity contribution in [2.75, 3.05) is 26.3 Å². The molecule has 1 fully saturated rings. The first-order chi connectivity index (χ1) is 11.3. The third-order valence-electron chi connectivity index (χ3n) is 5.56. The fourth-order valence-corrected chi connectivity index (χ4v) is 3.81. The number of amides is 1. The Hall–Kier alpha value is -0.593. The zero-order valence-corrected chi connectivity index (χ0v) is 18.5. The van der Waals surface area contributed by atoms with E-state index >= 15 is 0 Å². The lowest BCUT2D eigenvalue weighted by Gasteiger charge is -2.40. The Bertz CT molecular complexity index is 432. The second kappa shape index (κ2) is 8.40. The van der Waals surface area contributed by atoms with Gasteiger partial charge in [-0.25, -0.2) is 4.79 Å². The number of likely N-dealkylation sites (tertiary alicyclic amines) is 1.